The third-order valence-electron chi connectivity index (χ3n) is 4.13. The standard InChI is InChI=1S/C20H15ClN4O/c1-12-5-3-8-20(23-12)25-19-10-14(9-16(21)15(19)11-22-25)18-7-4-6-17(24-18)13(2)26/h3-11H,1-2H3. The highest BCUT2D eigenvalue weighted by atomic mass is 35.5. The zero-order valence-electron chi connectivity index (χ0n) is 14.3. The van der Waals surface area contributed by atoms with Crippen LogP contribution in [0, 0.1) is 6.92 Å². The number of hydrogen-bond acceptors (Lipinski definition) is 4. The Bertz CT molecular complexity index is 1150. The lowest BCUT2D eigenvalue weighted by atomic mass is 10.1. The largest absolute Gasteiger partial charge is 0.293 e. The van der Waals surface area contributed by atoms with Gasteiger partial charge in [-0.05, 0) is 43.3 Å². The van der Waals surface area contributed by atoms with Crippen LogP contribution in [0.1, 0.15) is 23.1 Å². The Morgan fingerprint density at radius 2 is 1.88 bits per heavy atom. The first kappa shape index (κ1) is 16.4. The molecular formula is C20H15ClN4O. The molecular weight excluding hydrogens is 348 g/mol. The van der Waals surface area contributed by atoms with Crippen molar-refractivity contribution in [3.8, 4) is 17.1 Å². The number of pyridine rings is 2. The van der Waals surface area contributed by atoms with Crippen molar-refractivity contribution in [2.45, 2.75) is 13.8 Å². The van der Waals surface area contributed by atoms with Gasteiger partial charge in [-0.25, -0.2) is 14.6 Å². The summed E-state index contributed by atoms with van der Waals surface area (Å²) >= 11 is 6.48. The SMILES string of the molecule is CC(=O)c1cccc(-c2cc(Cl)c3cnn(-c4cccc(C)n4)c3c2)n1. The van der Waals surface area contributed by atoms with E-state index < -0.39 is 0 Å². The molecule has 4 aromatic rings. The number of fused-ring (bicyclic) bond motifs is 1. The van der Waals surface area contributed by atoms with Crippen molar-refractivity contribution in [2.75, 3.05) is 0 Å². The van der Waals surface area contributed by atoms with Crippen molar-refractivity contribution in [2.24, 2.45) is 0 Å². The maximum absolute atomic E-state index is 11.6. The van der Waals surface area contributed by atoms with Crippen molar-refractivity contribution in [1.82, 2.24) is 19.7 Å². The summed E-state index contributed by atoms with van der Waals surface area (Å²) in [5.41, 5.74) is 3.67. The molecule has 0 amide bonds. The molecule has 0 aliphatic carbocycles. The number of rotatable bonds is 3. The lowest BCUT2D eigenvalue weighted by molar-refractivity contribution is 0.101. The van der Waals surface area contributed by atoms with Gasteiger partial charge in [0.1, 0.15) is 5.69 Å². The molecule has 3 heterocycles. The number of nitrogens with zero attached hydrogens (tertiary/aromatic N) is 4. The molecule has 5 nitrogen and oxygen atoms in total. The van der Waals surface area contributed by atoms with E-state index in [2.05, 4.69) is 15.1 Å². The lowest BCUT2D eigenvalue weighted by Gasteiger charge is -2.07. The van der Waals surface area contributed by atoms with Gasteiger partial charge in [0, 0.05) is 23.6 Å². The third-order valence-corrected chi connectivity index (χ3v) is 4.45. The Hall–Kier alpha value is -3.05. The first-order chi connectivity index (χ1) is 12.5. The van der Waals surface area contributed by atoms with Crippen LogP contribution in [-0.2, 0) is 0 Å². The van der Waals surface area contributed by atoms with Gasteiger partial charge in [-0.15, -0.1) is 0 Å². The third kappa shape index (κ3) is 2.86. The van der Waals surface area contributed by atoms with Crippen LogP contribution >= 0.6 is 11.6 Å². The molecule has 0 unspecified atom stereocenters. The molecule has 0 saturated heterocycles. The van der Waals surface area contributed by atoms with Crippen molar-refractivity contribution < 1.29 is 4.79 Å². The topological polar surface area (TPSA) is 60.7 Å². The summed E-state index contributed by atoms with van der Waals surface area (Å²) in [4.78, 5) is 20.6. The van der Waals surface area contributed by atoms with Crippen molar-refractivity contribution in [1.29, 1.82) is 0 Å². The number of aromatic nitrogens is 4. The molecule has 0 saturated carbocycles. The normalized spacial score (nSPS) is 11.0. The molecule has 0 fully saturated rings. The van der Waals surface area contributed by atoms with Crippen LogP contribution in [0.2, 0.25) is 5.02 Å². The molecule has 0 aliphatic heterocycles. The summed E-state index contributed by atoms with van der Waals surface area (Å²) in [6.07, 6.45) is 1.73. The minimum absolute atomic E-state index is 0.0759. The van der Waals surface area contributed by atoms with Crippen molar-refractivity contribution in [3.63, 3.8) is 0 Å². The number of Topliss-reactive ketones (excluding diaryl/α,β-unsaturated/α-hetero) is 1. The molecule has 128 valence electrons. The van der Waals surface area contributed by atoms with Gasteiger partial charge in [-0.1, -0.05) is 23.7 Å². The second kappa shape index (κ2) is 6.35. The predicted octanol–water partition coefficient (Wildman–Crippen LogP) is 4.65. The van der Waals surface area contributed by atoms with E-state index in [0.29, 0.717) is 16.4 Å². The van der Waals surface area contributed by atoms with Crippen LogP contribution in [0.5, 0.6) is 0 Å². The second-order valence-electron chi connectivity index (χ2n) is 6.05. The zero-order valence-corrected chi connectivity index (χ0v) is 15.0. The van der Waals surface area contributed by atoms with Gasteiger partial charge in [0.25, 0.3) is 0 Å². The average molecular weight is 363 g/mol. The minimum Gasteiger partial charge on any atom is -0.293 e. The quantitative estimate of drug-likeness (QED) is 0.498. The minimum atomic E-state index is -0.0759. The highest BCUT2D eigenvalue weighted by molar-refractivity contribution is 6.35. The molecule has 0 N–H and O–H groups in total. The number of aryl methyl sites for hydroxylation is 1. The van der Waals surface area contributed by atoms with Gasteiger partial charge in [0.15, 0.2) is 11.6 Å². The Morgan fingerprint density at radius 3 is 2.65 bits per heavy atom. The maximum Gasteiger partial charge on any atom is 0.178 e. The molecule has 0 spiro atoms. The first-order valence-corrected chi connectivity index (χ1v) is 8.50. The fraction of sp³-hybridized carbons (Fsp3) is 0.100. The van der Waals surface area contributed by atoms with E-state index in [-0.39, 0.29) is 5.78 Å². The summed E-state index contributed by atoms with van der Waals surface area (Å²) < 4.78 is 1.76. The van der Waals surface area contributed by atoms with Crippen LogP contribution < -0.4 is 0 Å². The van der Waals surface area contributed by atoms with Crippen LogP contribution in [0.25, 0.3) is 28.0 Å². The molecule has 0 radical (unpaired) electrons. The van der Waals surface area contributed by atoms with Crippen molar-refractivity contribution >= 4 is 28.3 Å². The Kier molecular flexibility index (Phi) is 4.01. The maximum atomic E-state index is 11.6. The monoisotopic (exact) mass is 362 g/mol. The number of hydrogen-bond donors (Lipinski definition) is 0. The number of halogens is 1. The van der Waals surface area contributed by atoms with Gasteiger partial charge < -0.3 is 0 Å². The van der Waals surface area contributed by atoms with Gasteiger partial charge in [-0.2, -0.15) is 5.10 Å². The highest BCUT2D eigenvalue weighted by Gasteiger charge is 2.13. The van der Waals surface area contributed by atoms with E-state index in [4.69, 9.17) is 11.6 Å². The Balaban J connectivity index is 1.92. The summed E-state index contributed by atoms with van der Waals surface area (Å²) in [6, 6.07) is 14.9. The van der Waals surface area contributed by atoms with Crippen LogP contribution in [-0.4, -0.2) is 25.5 Å². The highest BCUT2D eigenvalue weighted by Crippen LogP contribution is 2.31. The Morgan fingerprint density at radius 1 is 1.08 bits per heavy atom. The molecule has 6 heteroatoms. The number of carbonyl (C=O) groups is 1. The number of carbonyl (C=O) groups excluding carboxylic acids is 1. The zero-order chi connectivity index (χ0) is 18.3. The number of ketones is 1. The average Bonchev–Trinajstić information content (AvgIpc) is 3.06. The molecule has 4 rings (SSSR count). The lowest BCUT2D eigenvalue weighted by Crippen LogP contribution is -2.00. The molecule has 3 aromatic heterocycles. The Labute approximate surface area is 155 Å². The molecule has 0 aliphatic rings. The van der Waals surface area contributed by atoms with E-state index in [9.17, 15) is 4.79 Å². The van der Waals surface area contributed by atoms with Crippen LogP contribution in [0.4, 0.5) is 0 Å². The smallest absolute Gasteiger partial charge is 0.178 e. The van der Waals surface area contributed by atoms with E-state index in [1.165, 1.54) is 6.92 Å². The fourth-order valence-electron chi connectivity index (χ4n) is 2.85. The first-order valence-electron chi connectivity index (χ1n) is 8.12. The molecule has 26 heavy (non-hydrogen) atoms. The van der Waals surface area contributed by atoms with Crippen LogP contribution in [0.3, 0.4) is 0 Å². The van der Waals surface area contributed by atoms with E-state index in [1.54, 1.807) is 16.9 Å². The molecule has 0 bridgehead atoms. The van der Waals surface area contributed by atoms with E-state index >= 15 is 0 Å². The van der Waals surface area contributed by atoms with E-state index in [1.807, 2.05) is 49.4 Å². The summed E-state index contributed by atoms with van der Waals surface area (Å²) in [6.45, 7) is 3.44. The fourth-order valence-corrected chi connectivity index (χ4v) is 3.12. The molecule has 1 aromatic carbocycles. The van der Waals surface area contributed by atoms with Gasteiger partial charge in [0.05, 0.1) is 22.4 Å². The molecule has 0 atom stereocenters. The number of benzene rings is 1. The van der Waals surface area contributed by atoms with Crippen molar-refractivity contribution in [3.05, 3.63) is 71.1 Å². The summed E-state index contributed by atoms with van der Waals surface area (Å²) in [5.74, 6) is 0.645. The van der Waals surface area contributed by atoms with Gasteiger partial charge >= 0.3 is 0 Å². The summed E-state index contributed by atoms with van der Waals surface area (Å²) in [5, 5.41) is 5.85. The van der Waals surface area contributed by atoms with E-state index in [0.717, 1.165) is 28.0 Å². The van der Waals surface area contributed by atoms with Gasteiger partial charge in [-0.3, -0.25) is 4.79 Å². The summed E-state index contributed by atoms with van der Waals surface area (Å²) in [7, 11) is 0. The van der Waals surface area contributed by atoms with Gasteiger partial charge in [0.2, 0.25) is 0 Å². The second-order valence-corrected chi connectivity index (χ2v) is 6.46. The predicted molar refractivity (Wildman–Crippen MR) is 102 cm³/mol. The van der Waals surface area contributed by atoms with Crippen LogP contribution in [0.15, 0.2) is 54.7 Å².